The van der Waals surface area contributed by atoms with Crippen molar-refractivity contribution >= 4 is 5.69 Å². The molecule has 2 nitrogen and oxygen atoms in total. The molecule has 2 N–H and O–H groups in total. The van der Waals surface area contributed by atoms with Crippen molar-refractivity contribution in [3.63, 3.8) is 0 Å². The van der Waals surface area contributed by atoms with Gasteiger partial charge in [-0.15, -0.1) is 0 Å². The van der Waals surface area contributed by atoms with Crippen molar-refractivity contribution in [3.8, 4) is 11.3 Å². The van der Waals surface area contributed by atoms with Gasteiger partial charge in [-0.25, -0.2) is 0 Å². The summed E-state index contributed by atoms with van der Waals surface area (Å²) in [5, 5.41) is 0. The fourth-order valence-corrected chi connectivity index (χ4v) is 1.25. The highest BCUT2D eigenvalue weighted by Crippen LogP contribution is 2.21. The average molecular weight is 170 g/mol. The van der Waals surface area contributed by atoms with Gasteiger partial charge in [0.25, 0.3) is 0 Å². The Hall–Kier alpha value is -1.83. The van der Waals surface area contributed by atoms with Gasteiger partial charge in [0.15, 0.2) is 0 Å². The van der Waals surface area contributed by atoms with E-state index in [2.05, 4.69) is 4.98 Å². The number of benzene rings is 1. The molecular weight excluding hydrogens is 160 g/mol. The molecule has 0 bridgehead atoms. The van der Waals surface area contributed by atoms with Gasteiger partial charge in [-0.1, -0.05) is 30.3 Å². The van der Waals surface area contributed by atoms with Crippen LogP contribution in [0.5, 0.6) is 0 Å². The minimum atomic E-state index is 0.716. The van der Waals surface area contributed by atoms with E-state index in [1.165, 1.54) is 0 Å². The molecule has 0 fully saturated rings. The van der Waals surface area contributed by atoms with Crippen molar-refractivity contribution in [1.82, 2.24) is 4.98 Å². The topological polar surface area (TPSA) is 38.9 Å². The van der Waals surface area contributed by atoms with Gasteiger partial charge in [-0.2, -0.15) is 0 Å². The summed E-state index contributed by atoms with van der Waals surface area (Å²) in [5.41, 5.74) is 8.41. The molecule has 0 atom stereocenters. The van der Waals surface area contributed by atoms with Gasteiger partial charge < -0.3 is 5.73 Å². The third kappa shape index (κ3) is 1.51. The maximum atomic E-state index is 5.79. The zero-order valence-electron chi connectivity index (χ0n) is 7.14. The number of hydrogen-bond acceptors (Lipinski definition) is 2. The van der Waals surface area contributed by atoms with E-state index in [9.17, 15) is 0 Å². The first-order valence-corrected chi connectivity index (χ1v) is 4.14. The first-order valence-electron chi connectivity index (χ1n) is 4.14. The van der Waals surface area contributed by atoms with Crippen LogP contribution in [0.25, 0.3) is 11.3 Å². The summed E-state index contributed by atoms with van der Waals surface area (Å²) in [5.74, 6) is 0. The summed E-state index contributed by atoms with van der Waals surface area (Å²) in [7, 11) is 0. The molecule has 0 saturated heterocycles. The number of hydrogen-bond donors (Lipinski definition) is 1. The second-order valence-electron chi connectivity index (χ2n) is 2.81. The van der Waals surface area contributed by atoms with Crippen LogP contribution in [-0.4, -0.2) is 4.98 Å². The van der Waals surface area contributed by atoms with Gasteiger partial charge in [-0.05, 0) is 12.1 Å². The third-order valence-electron chi connectivity index (χ3n) is 1.89. The van der Waals surface area contributed by atoms with Crippen LogP contribution in [0, 0.1) is 0 Å². The molecule has 0 saturated carbocycles. The van der Waals surface area contributed by atoms with E-state index in [4.69, 9.17) is 5.73 Å². The molecule has 64 valence electrons. The highest BCUT2D eigenvalue weighted by Gasteiger charge is 2.00. The lowest BCUT2D eigenvalue weighted by Crippen LogP contribution is -1.91. The van der Waals surface area contributed by atoms with Crippen molar-refractivity contribution in [3.05, 3.63) is 48.7 Å². The van der Waals surface area contributed by atoms with Gasteiger partial charge in [-0.3, -0.25) is 4.98 Å². The summed E-state index contributed by atoms with van der Waals surface area (Å²) in [6, 6.07) is 13.6. The predicted octanol–water partition coefficient (Wildman–Crippen LogP) is 2.33. The number of pyridine rings is 1. The molecule has 1 aromatic carbocycles. The standard InChI is InChI=1S/C11H10N2/c12-10-7-4-8-13-11(10)9-5-2-1-3-6-9/h1-8H,12H2. The predicted molar refractivity (Wildman–Crippen MR) is 54.1 cm³/mol. The number of nitrogen functional groups attached to an aromatic ring is 1. The van der Waals surface area contributed by atoms with Gasteiger partial charge in [0.2, 0.25) is 0 Å². The monoisotopic (exact) mass is 170 g/mol. The highest BCUT2D eigenvalue weighted by atomic mass is 14.7. The number of nitrogens with zero attached hydrogens (tertiary/aromatic N) is 1. The highest BCUT2D eigenvalue weighted by molar-refractivity contribution is 5.71. The van der Waals surface area contributed by atoms with E-state index >= 15 is 0 Å². The van der Waals surface area contributed by atoms with Crippen LogP contribution in [0.2, 0.25) is 0 Å². The quantitative estimate of drug-likeness (QED) is 0.713. The van der Waals surface area contributed by atoms with Gasteiger partial charge in [0, 0.05) is 11.8 Å². The molecule has 0 spiro atoms. The molecule has 0 aliphatic carbocycles. The van der Waals surface area contributed by atoms with Crippen LogP contribution < -0.4 is 5.73 Å². The van der Waals surface area contributed by atoms with Crippen molar-refractivity contribution < 1.29 is 0 Å². The normalized spacial score (nSPS) is 9.85. The summed E-state index contributed by atoms with van der Waals surface area (Å²) >= 11 is 0. The molecule has 2 rings (SSSR count). The Kier molecular flexibility index (Phi) is 1.96. The number of aromatic nitrogens is 1. The van der Waals surface area contributed by atoms with Crippen LogP contribution in [0.3, 0.4) is 0 Å². The van der Waals surface area contributed by atoms with Crippen molar-refractivity contribution in [2.75, 3.05) is 5.73 Å². The number of anilines is 1. The Balaban J connectivity index is 2.54. The van der Waals surface area contributed by atoms with Crippen LogP contribution >= 0.6 is 0 Å². The molecule has 0 radical (unpaired) electrons. The van der Waals surface area contributed by atoms with E-state index in [1.807, 2.05) is 42.5 Å². The minimum absolute atomic E-state index is 0.716. The smallest absolute Gasteiger partial charge is 0.0931 e. The Morgan fingerprint density at radius 3 is 2.38 bits per heavy atom. The summed E-state index contributed by atoms with van der Waals surface area (Å²) in [4.78, 5) is 4.22. The molecule has 0 aliphatic heterocycles. The third-order valence-corrected chi connectivity index (χ3v) is 1.89. The second-order valence-corrected chi connectivity index (χ2v) is 2.81. The van der Waals surface area contributed by atoms with Crippen molar-refractivity contribution in [2.45, 2.75) is 0 Å². The first kappa shape index (κ1) is 7.80. The van der Waals surface area contributed by atoms with E-state index < -0.39 is 0 Å². The van der Waals surface area contributed by atoms with E-state index in [-0.39, 0.29) is 0 Å². The van der Waals surface area contributed by atoms with Crippen LogP contribution in [0.1, 0.15) is 0 Å². The van der Waals surface area contributed by atoms with Gasteiger partial charge in [0.1, 0.15) is 0 Å². The SMILES string of the molecule is Nc1cccnc1-c1ccccc1. The fraction of sp³-hybridized carbons (Fsp3) is 0. The van der Waals surface area contributed by atoms with E-state index in [0.717, 1.165) is 11.3 Å². The molecule has 13 heavy (non-hydrogen) atoms. The number of rotatable bonds is 1. The van der Waals surface area contributed by atoms with E-state index in [0.29, 0.717) is 5.69 Å². The van der Waals surface area contributed by atoms with Crippen LogP contribution in [0.4, 0.5) is 5.69 Å². The zero-order valence-corrected chi connectivity index (χ0v) is 7.14. The largest absolute Gasteiger partial charge is 0.397 e. The van der Waals surface area contributed by atoms with Crippen molar-refractivity contribution in [1.29, 1.82) is 0 Å². The minimum Gasteiger partial charge on any atom is -0.397 e. The average Bonchev–Trinajstić information content (AvgIpc) is 2.20. The summed E-state index contributed by atoms with van der Waals surface area (Å²) < 4.78 is 0. The summed E-state index contributed by atoms with van der Waals surface area (Å²) in [6.07, 6.45) is 1.75. The molecule has 2 aromatic rings. The van der Waals surface area contributed by atoms with Crippen LogP contribution in [0.15, 0.2) is 48.7 Å². The Morgan fingerprint density at radius 2 is 1.69 bits per heavy atom. The molecule has 1 aromatic heterocycles. The lowest BCUT2D eigenvalue weighted by molar-refractivity contribution is 1.33. The second kappa shape index (κ2) is 3.27. The molecule has 0 unspecified atom stereocenters. The molecule has 1 heterocycles. The van der Waals surface area contributed by atoms with Crippen molar-refractivity contribution in [2.24, 2.45) is 0 Å². The lowest BCUT2D eigenvalue weighted by Gasteiger charge is -2.02. The molecule has 0 amide bonds. The van der Waals surface area contributed by atoms with Gasteiger partial charge >= 0.3 is 0 Å². The fourth-order valence-electron chi connectivity index (χ4n) is 1.25. The van der Waals surface area contributed by atoms with Gasteiger partial charge in [0.05, 0.1) is 11.4 Å². The Bertz CT molecular complexity index is 396. The Morgan fingerprint density at radius 1 is 0.923 bits per heavy atom. The first-order chi connectivity index (χ1) is 6.38. The molecule has 0 aliphatic rings. The van der Waals surface area contributed by atoms with E-state index in [1.54, 1.807) is 6.20 Å². The lowest BCUT2D eigenvalue weighted by atomic mass is 10.1. The van der Waals surface area contributed by atoms with Crippen LogP contribution in [-0.2, 0) is 0 Å². The Labute approximate surface area is 77.0 Å². The number of nitrogens with two attached hydrogens (primary N) is 1. The summed E-state index contributed by atoms with van der Waals surface area (Å²) in [6.45, 7) is 0. The maximum absolute atomic E-state index is 5.79. The molecule has 2 heteroatoms. The maximum Gasteiger partial charge on any atom is 0.0931 e. The zero-order chi connectivity index (χ0) is 9.10. The molecular formula is C11H10N2.